The third-order valence-electron chi connectivity index (χ3n) is 2.95. The van der Waals surface area contributed by atoms with Crippen LogP contribution in [0.3, 0.4) is 0 Å². The van der Waals surface area contributed by atoms with Crippen molar-refractivity contribution in [2.24, 2.45) is 5.73 Å². The second kappa shape index (κ2) is 4.92. The predicted octanol–water partition coefficient (Wildman–Crippen LogP) is 3.38. The van der Waals surface area contributed by atoms with Crippen molar-refractivity contribution in [2.75, 3.05) is 0 Å². The Morgan fingerprint density at radius 1 is 1.00 bits per heavy atom. The minimum absolute atomic E-state index is 0.0101. The lowest BCUT2D eigenvalue weighted by Gasteiger charge is -2.13. The third-order valence-corrected chi connectivity index (χ3v) is 2.95. The molecule has 2 rings (SSSR count). The average molecular weight is 240 g/mol. The van der Waals surface area contributed by atoms with Gasteiger partial charge in [-0.15, -0.1) is 0 Å². The Morgan fingerprint density at radius 2 is 1.67 bits per heavy atom. The van der Waals surface area contributed by atoms with E-state index in [4.69, 9.17) is 15.9 Å². The SMILES string of the molecule is Cc1cccc(Oc2ccccc2C(=N)N)c1C. The van der Waals surface area contributed by atoms with E-state index in [9.17, 15) is 0 Å². The van der Waals surface area contributed by atoms with Gasteiger partial charge in [-0.1, -0.05) is 24.3 Å². The fourth-order valence-electron chi connectivity index (χ4n) is 1.73. The maximum absolute atomic E-state index is 7.54. The first kappa shape index (κ1) is 12.2. The van der Waals surface area contributed by atoms with E-state index < -0.39 is 0 Å². The number of aryl methyl sites for hydroxylation is 1. The Balaban J connectivity index is 2.40. The summed E-state index contributed by atoms with van der Waals surface area (Å²) in [5.74, 6) is 1.42. The van der Waals surface area contributed by atoms with E-state index in [1.807, 2.05) is 50.2 Å². The first-order chi connectivity index (χ1) is 8.59. The van der Waals surface area contributed by atoms with Crippen LogP contribution in [-0.4, -0.2) is 5.84 Å². The van der Waals surface area contributed by atoms with Gasteiger partial charge in [-0.3, -0.25) is 5.41 Å². The number of hydrogen-bond acceptors (Lipinski definition) is 2. The van der Waals surface area contributed by atoms with E-state index in [0.717, 1.165) is 11.3 Å². The van der Waals surface area contributed by atoms with E-state index in [1.54, 1.807) is 6.07 Å². The van der Waals surface area contributed by atoms with Crippen molar-refractivity contribution >= 4 is 5.84 Å². The monoisotopic (exact) mass is 240 g/mol. The van der Waals surface area contributed by atoms with Gasteiger partial charge < -0.3 is 10.5 Å². The van der Waals surface area contributed by atoms with E-state index in [2.05, 4.69) is 0 Å². The van der Waals surface area contributed by atoms with E-state index in [0.29, 0.717) is 11.3 Å². The van der Waals surface area contributed by atoms with Crippen molar-refractivity contribution in [3.05, 3.63) is 59.2 Å². The van der Waals surface area contributed by atoms with E-state index >= 15 is 0 Å². The molecule has 0 atom stereocenters. The Labute approximate surface area is 107 Å². The number of nitrogen functional groups attached to an aromatic ring is 1. The Hall–Kier alpha value is -2.29. The summed E-state index contributed by atoms with van der Waals surface area (Å²) in [5, 5.41) is 7.54. The molecule has 0 spiro atoms. The van der Waals surface area contributed by atoms with Gasteiger partial charge in [-0.2, -0.15) is 0 Å². The molecule has 3 N–H and O–H groups in total. The van der Waals surface area contributed by atoms with Crippen molar-refractivity contribution in [1.82, 2.24) is 0 Å². The number of para-hydroxylation sites is 1. The lowest BCUT2D eigenvalue weighted by atomic mass is 10.1. The van der Waals surface area contributed by atoms with Gasteiger partial charge >= 0.3 is 0 Å². The molecule has 18 heavy (non-hydrogen) atoms. The number of hydrogen-bond donors (Lipinski definition) is 2. The number of nitrogens with two attached hydrogens (primary N) is 1. The van der Waals surface area contributed by atoms with Gasteiger partial charge in [0.05, 0.1) is 5.56 Å². The van der Waals surface area contributed by atoms with Gasteiger partial charge in [0.1, 0.15) is 17.3 Å². The first-order valence-corrected chi connectivity index (χ1v) is 5.77. The van der Waals surface area contributed by atoms with Gasteiger partial charge in [0.15, 0.2) is 0 Å². The van der Waals surface area contributed by atoms with E-state index in [1.165, 1.54) is 5.56 Å². The molecular formula is C15H16N2O. The van der Waals surface area contributed by atoms with Crippen molar-refractivity contribution in [3.8, 4) is 11.5 Å². The highest BCUT2D eigenvalue weighted by Crippen LogP contribution is 2.28. The molecule has 3 nitrogen and oxygen atoms in total. The Morgan fingerprint density at radius 3 is 2.39 bits per heavy atom. The summed E-state index contributed by atoms with van der Waals surface area (Å²) in [7, 11) is 0. The van der Waals surface area contributed by atoms with Gasteiger partial charge in [0, 0.05) is 0 Å². The zero-order chi connectivity index (χ0) is 13.1. The Kier molecular flexibility index (Phi) is 3.33. The first-order valence-electron chi connectivity index (χ1n) is 5.77. The summed E-state index contributed by atoms with van der Waals surface area (Å²) < 4.78 is 5.86. The highest BCUT2D eigenvalue weighted by atomic mass is 16.5. The second-order valence-corrected chi connectivity index (χ2v) is 4.21. The summed E-state index contributed by atoms with van der Waals surface area (Å²) >= 11 is 0. The van der Waals surface area contributed by atoms with Crippen LogP contribution < -0.4 is 10.5 Å². The minimum atomic E-state index is 0.0101. The van der Waals surface area contributed by atoms with Crippen molar-refractivity contribution in [1.29, 1.82) is 5.41 Å². The molecule has 0 unspecified atom stereocenters. The van der Waals surface area contributed by atoms with Gasteiger partial charge in [0.25, 0.3) is 0 Å². The molecule has 0 amide bonds. The molecule has 0 radical (unpaired) electrons. The zero-order valence-electron chi connectivity index (χ0n) is 10.5. The van der Waals surface area contributed by atoms with Crippen LogP contribution in [0.4, 0.5) is 0 Å². The molecule has 0 bridgehead atoms. The Bertz CT molecular complexity index is 591. The van der Waals surface area contributed by atoms with Crippen LogP contribution in [0, 0.1) is 19.3 Å². The molecule has 0 heterocycles. The lowest BCUT2D eigenvalue weighted by Crippen LogP contribution is -2.12. The molecule has 92 valence electrons. The van der Waals surface area contributed by atoms with Crippen molar-refractivity contribution in [3.63, 3.8) is 0 Å². The summed E-state index contributed by atoms with van der Waals surface area (Å²) in [4.78, 5) is 0. The fourth-order valence-corrected chi connectivity index (χ4v) is 1.73. The third kappa shape index (κ3) is 2.35. The summed E-state index contributed by atoms with van der Waals surface area (Å²) in [6.45, 7) is 4.06. The van der Waals surface area contributed by atoms with Gasteiger partial charge in [0.2, 0.25) is 0 Å². The van der Waals surface area contributed by atoms with Crippen molar-refractivity contribution < 1.29 is 4.74 Å². The molecule has 2 aromatic rings. The van der Waals surface area contributed by atoms with Crippen LogP contribution >= 0.6 is 0 Å². The van der Waals surface area contributed by atoms with Crippen LogP contribution in [0.2, 0.25) is 0 Å². The predicted molar refractivity (Wildman–Crippen MR) is 73.4 cm³/mol. The van der Waals surface area contributed by atoms with Gasteiger partial charge in [-0.25, -0.2) is 0 Å². The summed E-state index contributed by atoms with van der Waals surface area (Å²) in [6, 6.07) is 13.2. The minimum Gasteiger partial charge on any atom is -0.456 e. The summed E-state index contributed by atoms with van der Waals surface area (Å²) in [5.41, 5.74) is 8.42. The lowest BCUT2D eigenvalue weighted by molar-refractivity contribution is 0.477. The summed E-state index contributed by atoms with van der Waals surface area (Å²) in [6.07, 6.45) is 0. The normalized spacial score (nSPS) is 10.1. The van der Waals surface area contributed by atoms with Crippen molar-refractivity contribution in [2.45, 2.75) is 13.8 Å². The topological polar surface area (TPSA) is 59.1 Å². The molecule has 0 aliphatic carbocycles. The van der Waals surface area contributed by atoms with Crippen LogP contribution in [0.5, 0.6) is 11.5 Å². The highest BCUT2D eigenvalue weighted by molar-refractivity contribution is 5.97. The molecule has 0 aliphatic rings. The average Bonchev–Trinajstić information content (AvgIpc) is 2.35. The standard InChI is InChI=1S/C15H16N2O/c1-10-6-5-9-13(11(10)2)18-14-8-4-3-7-12(14)15(16)17/h3-9H,1-2H3,(H3,16,17). The highest BCUT2D eigenvalue weighted by Gasteiger charge is 2.08. The molecule has 2 aromatic carbocycles. The second-order valence-electron chi connectivity index (χ2n) is 4.21. The molecule has 0 saturated heterocycles. The quantitative estimate of drug-likeness (QED) is 0.638. The fraction of sp³-hybridized carbons (Fsp3) is 0.133. The van der Waals surface area contributed by atoms with Crippen LogP contribution in [0.15, 0.2) is 42.5 Å². The maximum atomic E-state index is 7.54. The number of rotatable bonds is 3. The zero-order valence-corrected chi connectivity index (χ0v) is 10.5. The largest absolute Gasteiger partial charge is 0.456 e. The number of ether oxygens (including phenoxy) is 1. The van der Waals surface area contributed by atoms with Crippen LogP contribution in [0.1, 0.15) is 16.7 Å². The van der Waals surface area contributed by atoms with Crippen LogP contribution in [-0.2, 0) is 0 Å². The van der Waals surface area contributed by atoms with E-state index in [-0.39, 0.29) is 5.84 Å². The molecule has 3 heteroatoms. The number of benzene rings is 2. The molecule has 0 aliphatic heterocycles. The smallest absolute Gasteiger partial charge is 0.138 e. The number of amidine groups is 1. The number of nitrogens with one attached hydrogen (secondary N) is 1. The molecule has 0 fully saturated rings. The molecule has 0 saturated carbocycles. The van der Waals surface area contributed by atoms with Gasteiger partial charge in [-0.05, 0) is 43.2 Å². The van der Waals surface area contributed by atoms with Crippen LogP contribution in [0.25, 0.3) is 0 Å². The molecular weight excluding hydrogens is 224 g/mol. The maximum Gasteiger partial charge on any atom is 0.138 e. The molecule has 0 aromatic heterocycles.